The van der Waals surface area contributed by atoms with E-state index in [0.717, 1.165) is 33.6 Å². The van der Waals surface area contributed by atoms with Gasteiger partial charge in [0.15, 0.2) is 11.4 Å². The van der Waals surface area contributed by atoms with Gasteiger partial charge < -0.3 is 40.8 Å². The Morgan fingerprint density at radius 1 is 0.500 bits per heavy atom. The third-order valence-electron chi connectivity index (χ3n) is 7.38. The van der Waals surface area contributed by atoms with Crippen LogP contribution >= 0.6 is 0 Å². The molecule has 52 heavy (non-hydrogen) atoms. The summed E-state index contributed by atoms with van der Waals surface area (Å²) in [5.41, 5.74) is 7.22. The van der Waals surface area contributed by atoms with Crippen LogP contribution in [-0.2, 0) is 22.8 Å². The van der Waals surface area contributed by atoms with Gasteiger partial charge >= 0.3 is 17.4 Å². The van der Waals surface area contributed by atoms with Crippen molar-refractivity contribution in [2.75, 3.05) is 0 Å². The third-order valence-corrected chi connectivity index (χ3v) is 7.38. The van der Waals surface area contributed by atoms with Gasteiger partial charge in [0.2, 0.25) is 11.8 Å². The Kier molecular flexibility index (Phi) is 16.1. The Balaban J connectivity index is 0.000000483. The van der Waals surface area contributed by atoms with Crippen LogP contribution < -0.4 is 0 Å². The molecule has 7 N–H and O–H groups in total. The molecule has 0 saturated carbocycles. The molecular formula is C38H45CrN8O5+. The number of para-hydroxylation sites is 2. The largest absolute Gasteiger partial charge is 2.00 e. The van der Waals surface area contributed by atoms with E-state index in [-0.39, 0.29) is 72.3 Å². The van der Waals surface area contributed by atoms with Gasteiger partial charge in [-0.1, -0.05) is 48.5 Å². The Labute approximate surface area is 314 Å². The first-order chi connectivity index (χ1) is 22.9. The molecule has 0 amide bonds. The predicted octanol–water partition coefficient (Wildman–Crippen LogP) is 9.22. The van der Waals surface area contributed by atoms with Crippen LogP contribution in [0.4, 0.5) is 22.7 Å². The minimum atomic E-state index is -0.0914. The maximum Gasteiger partial charge on any atom is 2.00 e. The van der Waals surface area contributed by atoms with Gasteiger partial charge in [0.05, 0.1) is 22.8 Å². The summed E-state index contributed by atoms with van der Waals surface area (Å²) in [4.78, 5) is 0. The van der Waals surface area contributed by atoms with Gasteiger partial charge in [0.25, 0.3) is 0 Å². The molecular weight excluding hydrogens is 700 g/mol. The van der Waals surface area contributed by atoms with Gasteiger partial charge in [-0.3, -0.25) is 0 Å². The molecule has 0 aliphatic rings. The summed E-state index contributed by atoms with van der Waals surface area (Å²) in [7, 11) is 0. The first-order valence-corrected chi connectivity index (χ1v) is 15.1. The number of azo groups is 2. The van der Waals surface area contributed by atoms with Gasteiger partial charge in [-0.05, 0) is 100 Å². The topological polar surface area (TPSA) is 199 Å². The van der Waals surface area contributed by atoms with Crippen molar-refractivity contribution in [1.29, 1.82) is 0 Å². The zero-order valence-electron chi connectivity index (χ0n) is 30.4. The second-order valence-electron chi connectivity index (χ2n) is 11.3. The fourth-order valence-corrected chi connectivity index (χ4v) is 4.98. The molecule has 14 heteroatoms. The number of aromatic nitrogens is 4. The first kappa shape index (κ1) is 44.2. The molecule has 2 heterocycles. The number of rotatable bonds is 6. The molecule has 0 radical (unpaired) electrons. The molecule has 0 spiro atoms. The first-order valence-electron chi connectivity index (χ1n) is 15.1. The Morgan fingerprint density at radius 2 is 0.827 bits per heavy atom. The standard InChI is InChI=1S/2C18H18N4O2.2CH3.Cr.H2O/c2*1-11-9-12(2)17(23)15(10-11)19-20-16-13(3)21-22(18(16)24)14-7-5-4-6-8-14;;;;/h2*4-10,23-24H,1-3H3;2*1H3;;1H2/q;;2*-1;+2;/p+1. The van der Waals surface area contributed by atoms with E-state index < -0.39 is 0 Å². The van der Waals surface area contributed by atoms with E-state index in [9.17, 15) is 20.4 Å². The predicted molar refractivity (Wildman–Crippen MR) is 201 cm³/mol. The SMILES string of the molecule is Cc1cc(C)c(O)c(N=Nc2c(C)nn(-c3ccccc3)c2O)c1.Cc1cc(C)c(O)c(N=Nc2c(C)nn(-c3ccccc3)c2O)c1.[CH3-].[CH3-].[Cr+2].[OH3+]. The second kappa shape index (κ2) is 19.0. The molecule has 0 fully saturated rings. The van der Waals surface area contributed by atoms with Crippen molar-refractivity contribution in [2.45, 2.75) is 41.5 Å². The zero-order chi connectivity index (χ0) is 34.5. The van der Waals surface area contributed by atoms with E-state index in [4.69, 9.17) is 0 Å². The molecule has 6 rings (SSSR count). The van der Waals surface area contributed by atoms with E-state index >= 15 is 0 Å². The number of hydrogen-bond acceptors (Lipinski definition) is 10. The Hall–Kier alpha value is -5.81. The summed E-state index contributed by atoms with van der Waals surface area (Å²) in [6.07, 6.45) is 0. The van der Waals surface area contributed by atoms with Crippen LogP contribution in [-0.4, -0.2) is 40.0 Å². The van der Waals surface area contributed by atoms with Crippen LogP contribution in [0.5, 0.6) is 23.3 Å². The minimum absolute atomic E-state index is 0. The summed E-state index contributed by atoms with van der Waals surface area (Å²) >= 11 is 0. The number of nitrogens with zero attached hydrogens (tertiary/aromatic N) is 8. The van der Waals surface area contributed by atoms with Gasteiger partial charge in [0.1, 0.15) is 22.9 Å². The molecule has 0 saturated heterocycles. The van der Waals surface area contributed by atoms with Crippen LogP contribution in [0.15, 0.2) is 105 Å². The van der Waals surface area contributed by atoms with Crippen LogP contribution in [0.2, 0.25) is 0 Å². The number of phenols is 2. The molecule has 13 nitrogen and oxygen atoms in total. The molecule has 0 unspecified atom stereocenters. The fraction of sp³-hybridized carbons (Fsp3) is 0.158. The number of aryl methyl sites for hydroxylation is 6. The third kappa shape index (κ3) is 9.70. The molecule has 0 aliphatic heterocycles. The van der Waals surface area contributed by atoms with Crippen molar-refractivity contribution < 1.29 is 43.3 Å². The van der Waals surface area contributed by atoms with Crippen LogP contribution in [0, 0.1) is 56.4 Å². The van der Waals surface area contributed by atoms with Crippen LogP contribution in [0.3, 0.4) is 0 Å². The number of phenolic OH excluding ortho intramolecular Hbond substituents is 2. The molecule has 4 aromatic carbocycles. The molecule has 6 aromatic rings. The van der Waals surface area contributed by atoms with Crippen molar-refractivity contribution in [2.24, 2.45) is 20.5 Å². The van der Waals surface area contributed by atoms with Crippen molar-refractivity contribution in [1.82, 2.24) is 19.6 Å². The van der Waals surface area contributed by atoms with Gasteiger partial charge in [-0.2, -0.15) is 19.6 Å². The smallest absolute Gasteiger partial charge is 0.505 e. The van der Waals surface area contributed by atoms with Gasteiger partial charge in [0, 0.05) is 0 Å². The summed E-state index contributed by atoms with van der Waals surface area (Å²) in [5, 5.41) is 65.9. The van der Waals surface area contributed by atoms with Crippen LogP contribution in [0.1, 0.15) is 33.6 Å². The average Bonchev–Trinajstić information content (AvgIpc) is 3.52. The van der Waals surface area contributed by atoms with Crippen molar-refractivity contribution in [3.8, 4) is 34.6 Å². The number of hydrogen-bond donors (Lipinski definition) is 4. The molecule has 272 valence electrons. The maximum absolute atomic E-state index is 10.4. The van der Waals surface area contributed by atoms with Crippen molar-refractivity contribution >= 4 is 22.7 Å². The minimum Gasteiger partial charge on any atom is -0.505 e. The molecule has 0 atom stereocenters. The van der Waals surface area contributed by atoms with E-state index in [2.05, 4.69) is 30.7 Å². The Bertz CT molecular complexity index is 1990. The van der Waals surface area contributed by atoms with E-state index in [1.165, 1.54) is 9.36 Å². The van der Waals surface area contributed by atoms with E-state index in [1.54, 1.807) is 39.8 Å². The van der Waals surface area contributed by atoms with Gasteiger partial charge in [-0.15, -0.1) is 20.5 Å². The van der Waals surface area contributed by atoms with Gasteiger partial charge in [-0.25, -0.2) is 0 Å². The maximum atomic E-state index is 10.4. The monoisotopic (exact) mass is 745 g/mol. The summed E-state index contributed by atoms with van der Waals surface area (Å²) in [5.74, 6) is -0.0217. The number of benzene rings is 4. The van der Waals surface area contributed by atoms with Crippen molar-refractivity contribution in [3.05, 3.63) is 133 Å². The fourth-order valence-electron chi connectivity index (χ4n) is 4.98. The molecule has 0 bridgehead atoms. The normalized spacial score (nSPS) is 10.4. The van der Waals surface area contributed by atoms with Crippen molar-refractivity contribution in [3.63, 3.8) is 0 Å². The summed E-state index contributed by atoms with van der Waals surface area (Å²) in [6.45, 7) is 10.9. The van der Waals surface area contributed by atoms with E-state index in [0.29, 0.717) is 22.8 Å². The van der Waals surface area contributed by atoms with Crippen LogP contribution in [0.25, 0.3) is 11.4 Å². The average molecular weight is 746 g/mol. The quantitative estimate of drug-likeness (QED) is 0.0744. The Morgan fingerprint density at radius 3 is 1.15 bits per heavy atom. The zero-order valence-corrected chi connectivity index (χ0v) is 31.7. The summed E-state index contributed by atoms with van der Waals surface area (Å²) < 4.78 is 2.82. The summed E-state index contributed by atoms with van der Waals surface area (Å²) in [6, 6.07) is 25.8. The second-order valence-corrected chi connectivity index (χ2v) is 11.3. The number of aromatic hydroxyl groups is 4. The molecule has 2 aromatic heterocycles. The molecule has 0 aliphatic carbocycles. The van der Waals surface area contributed by atoms with E-state index in [1.807, 2.05) is 86.6 Å².